The normalized spacial score (nSPS) is 9.96. The molecule has 2 amide bonds. The topological polar surface area (TPSA) is 118 Å². The lowest BCUT2D eigenvalue weighted by Crippen LogP contribution is -2.19. The third-order valence-corrected chi connectivity index (χ3v) is 2.71. The van der Waals surface area contributed by atoms with Gasteiger partial charge in [0.05, 0.1) is 12.2 Å². The molecule has 0 unspecified atom stereocenters. The maximum Gasteiger partial charge on any atom is 0.371 e. The van der Waals surface area contributed by atoms with E-state index in [2.05, 4.69) is 10.6 Å². The van der Waals surface area contributed by atoms with Crippen LogP contribution in [0.3, 0.4) is 0 Å². The Morgan fingerprint density at radius 3 is 2.35 bits per heavy atom. The molecule has 23 heavy (non-hydrogen) atoms. The van der Waals surface area contributed by atoms with E-state index in [1.54, 1.807) is 6.92 Å². The van der Waals surface area contributed by atoms with E-state index in [0.717, 1.165) is 0 Å². The fourth-order valence-electron chi connectivity index (χ4n) is 1.70. The van der Waals surface area contributed by atoms with Crippen molar-refractivity contribution in [3.05, 3.63) is 47.7 Å². The molecule has 8 nitrogen and oxygen atoms in total. The SMILES string of the molecule is CCOC(=O)c1ccc(NC(=O)Nc2ccc(C(=O)O)o2)cc1. The van der Waals surface area contributed by atoms with Crippen LogP contribution in [-0.2, 0) is 4.74 Å². The van der Waals surface area contributed by atoms with E-state index in [-0.39, 0.29) is 18.3 Å². The van der Waals surface area contributed by atoms with Crippen molar-refractivity contribution >= 4 is 29.5 Å². The van der Waals surface area contributed by atoms with Crippen molar-refractivity contribution in [1.82, 2.24) is 0 Å². The van der Waals surface area contributed by atoms with Crippen molar-refractivity contribution in [2.24, 2.45) is 0 Å². The summed E-state index contributed by atoms with van der Waals surface area (Å²) in [5, 5.41) is 13.6. The van der Waals surface area contributed by atoms with Crippen molar-refractivity contribution in [3.8, 4) is 0 Å². The van der Waals surface area contributed by atoms with Gasteiger partial charge in [0.15, 0.2) is 0 Å². The number of urea groups is 1. The highest BCUT2D eigenvalue weighted by Crippen LogP contribution is 2.15. The molecule has 0 atom stereocenters. The predicted molar refractivity (Wildman–Crippen MR) is 80.7 cm³/mol. The number of anilines is 2. The Bertz CT molecular complexity index is 720. The minimum Gasteiger partial charge on any atom is -0.475 e. The van der Waals surface area contributed by atoms with Crippen LogP contribution in [0.25, 0.3) is 0 Å². The first kappa shape index (κ1) is 16.1. The van der Waals surface area contributed by atoms with Crippen molar-refractivity contribution in [2.75, 3.05) is 17.2 Å². The molecule has 0 aliphatic heterocycles. The number of furan rings is 1. The molecule has 1 aromatic heterocycles. The molecule has 0 saturated heterocycles. The zero-order valence-corrected chi connectivity index (χ0v) is 12.2. The zero-order valence-electron chi connectivity index (χ0n) is 12.2. The van der Waals surface area contributed by atoms with Gasteiger partial charge in [0, 0.05) is 11.8 Å². The largest absolute Gasteiger partial charge is 0.475 e. The Kier molecular flexibility index (Phi) is 4.98. The van der Waals surface area contributed by atoms with Gasteiger partial charge in [-0.3, -0.25) is 5.32 Å². The van der Waals surface area contributed by atoms with Gasteiger partial charge in [-0.2, -0.15) is 0 Å². The molecule has 0 bridgehead atoms. The van der Waals surface area contributed by atoms with Gasteiger partial charge in [0.1, 0.15) is 0 Å². The smallest absolute Gasteiger partial charge is 0.371 e. The van der Waals surface area contributed by atoms with Crippen molar-refractivity contribution in [1.29, 1.82) is 0 Å². The minimum absolute atomic E-state index is 0.00282. The lowest BCUT2D eigenvalue weighted by molar-refractivity contribution is 0.0525. The first-order valence-corrected chi connectivity index (χ1v) is 6.68. The van der Waals surface area contributed by atoms with Crippen LogP contribution in [0.2, 0.25) is 0 Å². The number of benzene rings is 1. The fourth-order valence-corrected chi connectivity index (χ4v) is 1.70. The van der Waals surface area contributed by atoms with Gasteiger partial charge in [-0.1, -0.05) is 0 Å². The second kappa shape index (κ2) is 7.12. The van der Waals surface area contributed by atoms with Crippen LogP contribution in [0.5, 0.6) is 0 Å². The number of hydrogen-bond acceptors (Lipinski definition) is 5. The van der Waals surface area contributed by atoms with Gasteiger partial charge in [-0.25, -0.2) is 14.4 Å². The number of esters is 1. The second-order valence-corrected chi connectivity index (χ2v) is 4.35. The Morgan fingerprint density at radius 1 is 1.09 bits per heavy atom. The standard InChI is InChI=1S/C15H14N2O6/c1-2-22-14(20)9-3-5-10(6-4-9)16-15(21)17-12-8-7-11(23-12)13(18)19/h3-8H,2H2,1H3,(H,18,19)(H2,16,17,21). The van der Waals surface area contributed by atoms with Gasteiger partial charge in [-0.15, -0.1) is 0 Å². The highest BCUT2D eigenvalue weighted by Gasteiger charge is 2.11. The van der Waals surface area contributed by atoms with Crippen LogP contribution in [-0.4, -0.2) is 29.7 Å². The van der Waals surface area contributed by atoms with E-state index >= 15 is 0 Å². The Hall–Kier alpha value is -3.29. The summed E-state index contributed by atoms with van der Waals surface area (Å²) in [7, 11) is 0. The molecule has 1 aromatic carbocycles. The average molecular weight is 318 g/mol. The Balaban J connectivity index is 1.94. The summed E-state index contributed by atoms with van der Waals surface area (Å²) in [6.45, 7) is 1.99. The monoisotopic (exact) mass is 318 g/mol. The molecule has 0 spiro atoms. The Labute approximate surface area is 131 Å². The van der Waals surface area contributed by atoms with Crippen LogP contribution in [0.1, 0.15) is 27.8 Å². The number of carbonyl (C=O) groups is 3. The average Bonchev–Trinajstić information content (AvgIpc) is 2.96. The lowest BCUT2D eigenvalue weighted by atomic mass is 10.2. The fraction of sp³-hybridized carbons (Fsp3) is 0.133. The minimum atomic E-state index is -1.23. The van der Waals surface area contributed by atoms with Crippen LogP contribution >= 0.6 is 0 Å². The number of nitrogens with one attached hydrogen (secondary N) is 2. The molecular formula is C15H14N2O6. The molecule has 3 N–H and O–H groups in total. The molecule has 8 heteroatoms. The van der Waals surface area contributed by atoms with Crippen LogP contribution in [0.4, 0.5) is 16.4 Å². The number of carboxylic acids is 1. The van der Waals surface area contributed by atoms with E-state index in [0.29, 0.717) is 11.3 Å². The van der Waals surface area contributed by atoms with E-state index in [9.17, 15) is 14.4 Å². The zero-order chi connectivity index (χ0) is 16.8. The third-order valence-electron chi connectivity index (χ3n) is 2.71. The summed E-state index contributed by atoms with van der Waals surface area (Å²) in [6, 6.07) is 8.05. The molecule has 120 valence electrons. The molecule has 0 aliphatic carbocycles. The van der Waals surface area contributed by atoms with Gasteiger partial charge in [-0.05, 0) is 37.3 Å². The first-order chi connectivity index (χ1) is 11.0. The molecule has 2 rings (SSSR count). The molecule has 0 saturated carbocycles. The number of carboxylic acid groups (broad SMARTS) is 1. The highest BCUT2D eigenvalue weighted by atomic mass is 16.5. The second-order valence-electron chi connectivity index (χ2n) is 4.35. The number of ether oxygens (including phenoxy) is 1. The number of rotatable bonds is 5. The predicted octanol–water partition coefficient (Wildman–Crippen LogP) is 2.80. The molecule has 0 radical (unpaired) electrons. The van der Waals surface area contributed by atoms with E-state index in [1.807, 2.05) is 0 Å². The molecular weight excluding hydrogens is 304 g/mol. The van der Waals surface area contributed by atoms with Gasteiger partial charge in [0.2, 0.25) is 11.6 Å². The van der Waals surface area contributed by atoms with E-state index in [4.69, 9.17) is 14.3 Å². The third kappa shape index (κ3) is 4.34. The summed E-state index contributed by atoms with van der Waals surface area (Å²) in [4.78, 5) is 33.9. The molecule has 2 aromatic rings. The summed E-state index contributed by atoms with van der Waals surface area (Å²) in [5.41, 5.74) is 0.815. The molecule has 0 aliphatic rings. The van der Waals surface area contributed by atoms with E-state index < -0.39 is 18.0 Å². The van der Waals surface area contributed by atoms with Crippen molar-refractivity contribution in [2.45, 2.75) is 6.92 Å². The van der Waals surface area contributed by atoms with Crippen molar-refractivity contribution < 1.29 is 28.6 Å². The quantitative estimate of drug-likeness (QED) is 0.730. The van der Waals surface area contributed by atoms with Gasteiger partial charge < -0.3 is 19.6 Å². The molecule has 0 fully saturated rings. The number of carbonyl (C=O) groups excluding carboxylic acids is 2. The van der Waals surface area contributed by atoms with Gasteiger partial charge in [0.25, 0.3) is 0 Å². The Morgan fingerprint density at radius 2 is 1.78 bits per heavy atom. The van der Waals surface area contributed by atoms with Gasteiger partial charge >= 0.3 is 18.0 Å². The number of amides is 2. The summed E-state index contributed by atoms with van der Waals surface area (Å²) >= 11 is 0. The van der Waals surface area contributed by atoms with Crippen LogP contribution in [0.15, 0.2) is 40.8 Å². The summed E-state index contributed by atoms with van der Waals surface area (Å²) in [5.74, 6) is -1.95. The van der Waals surface area contributed by atoms with Crippen molar-refractivity contribution in [3.63, 3.8) is 0 Å². The highest BCUT2D eigenvalue weighted by molar-refractivity contribution is 5.99. The summed E-state index contributed by atoms with van der Waals surface area (Å²) < 4.78 is 9.75. The lowest BCUT2D eigenvalue weighted by Gasteiger charge is -2.06. The maximum atomic E-state index is 11.8. The summed E-state index contributed by atoms with van der Waals surface area (Å²) in [6.07, 6.45) is 0. The van der Waals surface area contributed by atoms with Crippen LogP contribution < -0.4 is 10.6 Å². The van der Waals surface area contributed by atoms with E-state index in [1.165, 1.54) is 36.4 Å². The number of aromatic carboxylic acids is 1. The van der Waals surface area contributed by atoms with Crippen LogP contribution in [0, 0.1) is 0 Å². The maximum absolute atomic E-state index is 11.8. The first-order valence-electron chi connectivity index (χ1n) is 6.68. The number of hydrogen-bond donors (Lipinski definition) is 3. The molecule has 1 heterocycles.